The molecule has 156 valence electrons. The molecule has 1 aliphatic rings. The molecule has 0 radical (unpaired) electrons. The molecule has 29 heavy (non-hydrogen) atoms. The van der Waals surface area contributed by atoms with E-state index in [1.807, 2.05) is 6.07 Å². The second kappa shape index (κ2) is 8.63. The summed E-state index contributed by atoms with van der Waals surface area (Å²) in [6.45, 7) is 0.314. The highest BCUT2D eigenvalue weighted by molar-refractivity contribution is 5.78. The lowest BCUT2D eigenvalue weighted by Gasteiger charge is -2.26. The molecule has 0 spiro atoms. The molecule has 1 heterocycles. The SMILES string of the molecule is COc1ccc(OC)c([C@@H]2CCCN2C(=O)COc2ccc(C(F)(F)F)cc2)c1. The first-order valence-corrected chi connectivity index (χ1v) is 9.15. The minimum Gasteiger partial charge on any atom is -0.497 e. The zero-order valence-electron chi connectivity index (χ0n) is 16.2. The first kappa shape index (κ1) is 20.8. The van der Waals surface area contributed by atoms with Crippen molar-refractivity contribution >= 4 is 5.91 Å². The number of methoxy groups -OCH3 is 2. The van der Waals surface area contributed by atoms with Crippen molar-refractivity contribution < 1.29 is 32.2 Å². The maximum atomic E-state index is 12.7. The lowest BCUT2D eigenvalue weighted by Crippen LogP contribution is -2.34. The standard InChI is InChI=1S/C21H22F3NO4/c1-27-16-9-10-19(28-2)17(12-16)18-4-3-11-25(18)20(26)13-29-15-7-5-14(6-8-15)21(22,23)24/h5-10,12,18H,3-4,11,13H2,1-2H3/t18-/m0/s1. The normalized spacial score (nSPS) is 16.6. The molecule has 5 nitrogen and oxygen atoms in total. The van der Waals surface area contributed by atoms with Crippen LogP contribution in [0.5, 0.6) is 17.2 Å². The van der Waals surface area contributed by atoms with Gasteiger partial charge in [-0.25, -0.2) is 0 Å². The minimum atomic E-state index is -4.41. The Kier molecular flexibility index (Phi) is 6.20. The summed E-state index contributed by atoms with van der Waals surface area (Å²) in [4.78, 5) is 14.4. The van der Waals surface area contributed by atoms with E-state index in [0.717, 1.165) is 30.5 Å². The van der Waals surface area contributed by atoms with E-state index in [0.29, 0.717) is 18.0 Å². The topological polar surface area (TPSA) is 48.0 Å². The quantitative estimate of drug-likeness (QED) is 0.707. The number of carbonyl (C=O) groups is 1. The first-order chi connectivity index (χ1) is 13.8. The number of amides is 1. The molecule has 2 aromatic rings. The average molecular weight is 409 g/mol. The van der Waals surface area contributed by atoms with Gasteiger partial charge in [0.2, 0.25) is 0 Å². The molecule has 1 saturated heterocycles. The fraction of sp³-hybridized carbons (Fsp3) is 0.381. The molecule has 0 unspecified atom stereocenters. The summed E-state index contributed by atoms with van der Waals surface area (Å²) >= 11 is 0. The van der Waals surface area contributed by atoms with Crippen molar-refractivity contribution in [2.45, 2.75) is 25.1 Å². The summed E-state index contributed by atoms with van der Waals surface area (Å²) in [6, 6.07) is 9.55. The Morgan fingerprint density at radius 1 is 1.07 bits per heavy atom. The molecule has 1 amide bonds. The summed E-state index contributed by atoms with van der Waals surface area (Å²) in [5.74, 6) is 1.30. The lowest BCUT2D eigenvalue weighted by molar-refractivity contribution is -0.138. The van der Waals surface area contributed by atoms with E-state index in [2.05, 4.69) is 0 Å². The Hall–Kier alpha value is -2.90. The van der Waals surface area contributed by atoms with Crippen molar-refractivity contribution in [1.82, 2.24) is 4.90 Å². The largest absolute Gasteiger partial charge is 0.497 e. The summed E-state index contributed by atoms with van der Waals surface area (Å²) < 4.78 is 54.1. The third-order valence-corrected chi connectivity index (χ3v) is 4.91. The molecule has 1 atom stereocenters. The first-order valence-electron chi connectivity index (χ1n) is 9.15. The van der Waals surface area contributed by atoms with Gasteiger partial charge in [-0.1, -0.05) is 0 Å². The fourth-order valence-electron chi connectivity index (χ4n) is 3.46. The summed E-state index contributed by atoms with van der Waals surface area (Å²) in [7, 11) is 3.14. The van der Waals surface area contributed by atoms with Gasteiger partial charge in [-0.2, -0.15) is 13.2 Å². The molecule has 0 bridgehead atoms. The van der Waals surface area contributed by atoms with Crippen molar-refractivity contribution in [3.63, 3.8) is 0 Å². The van der Waals surface area contributed by atoms with Crippen LogP contribution < -0.4 is 14.2 Å². The van der Waals surface area contributed by atoms with E-state index in [9.17, 15) is 18.0 Å². The molecule has 1 aliphatic heterocycles. The maximum absolute atomic E-state index is 12.7. The minimum absolute atomic E-state index is 0.177. The number of ether oxygens (including phenoxy) is 3. The lowest BCUT2D eigenvalue weighted by atomic mass is 10.0. The Balaban J connectivity index is 1.69. The zero-order chi connectivity index (χ0) is 21.0. The van der Waals surface area contributed by atoms with Crippen LogP contribution in [0.15, 0.2) is 42.5 Å². The van der Waals surface area contributed by atoms with Gasteiger partial charge < -0.3 is 19.1 Å². The van der Waals surface area contributed by atoms with E-state index >= 15 is 0 Å². The van der Waals surface area contributed by atoms with E-state index in [1.165, 1.54) is 12.1 Å². The Bertz CT molecular complexity index is 852. The Morgan fingerprint density at radius 3 is 2.38 bits per heavy atom. The predicted octanol–water partition coefficient (Wildman–Crippen LogP) is 4.47. The average Bonchev–Trinajstić information content (AvgIpc) is 3.21. The number of hydrogen-bond acceptors (Lipinski definition) is 4. The zero-order valence-corrected chi connectivity index (χ0v) is 16.2. The highest BCUT2D eigenvalue weighted by Crippen LogP contribution is 2.39. The van der Waals surface area contributed by atoms with Gasteiger partial charge in [0.15, 0.2) is 6.61 Å². The number of likely N-dealkylation sites (tertiary alicyclic amines) is 1. The van der Waals surface area contributed by atoms with Crippen molar-refractivity contribution in [2.24, 2.45) is 0 Å². The Morgan fingerprint density at radius 2 is 1.76 bits per heavy atom. The monoisotopic (exact) mass is 409 g/mol. The van der Waals surface area contributed by atoms with Gasteiger partial charge in [-0.3, -0.25) is 4.79 Å². The van der Waals surface area contributed by atoms with Crippen LogP contribution in [0.4, 0.5) is 13.2 Å². The highest BCUT2D eigenvalue weighted by atomic mass is 19.4. The summed E-state index contributed by atoms with van der Waals surface area (Å²) in [5, 5.41) is 0. The van der Waals surface area contributed by atoms with Crippen LogP contribution in [0.25, 0.3) is 0 Å². The van der Waals surface area contributed by atoms with Crippen LogP contribution in [0.1, 0.15) is 30.0 Å². The van der Waals surface area contributed by atoms with Crippen LogP contribution in [0, 0.1) is 0 Å². The van der Waals surface area contributed by atoms with Crippen LogP contribution in [-0.2, 0) is 11.0 Å². The number of hydrogen-bond donors (Lipinski definition) is 0. The molecule has 0 saturated carbocycles. The van der Waals surface area contributed by atoms with Gasteiger partial charge in [-0.05, 0) is 55.3 Å². The third-order valence-electron chi connectivity index (χ3n) is 4.91. The molecule has 3 rings (SSSR count). The molecule has 1 fully saturated rings. The van der Waals surface area contributed by atoms with Crippen molar-refractivity contribution in [3.8, 4) is 17.2 Å². The molecular formula is C21H22F3NO4. The van der Waals surface area contributed by atoms with E-state index in [-0.39, 0.29) is 24.3 Å². The number of benzene rings is 2. The van der Waals surface area contributed by atoms with Crippen LogP contribution >= 0.6 is 0 Å². The number of nitrogens with zero attached hydrogens (tertiary/aromatic N) is 1. The molecule has 0 aliphatic carbocycles. The smallest absolute Gasteiger partial charge is 0.416 e. The van der Waals surface area contributed by atoms with Gasteiger partial charge in [0.05, 0.1) is 25.8 Å². The predicted molar refractivity (Wildman–Crippen MR) is 100 cm³/mol. The summed E-state index contributed by atoms with van der Waals surface area (Å²) in [6.07, 6.45) is -2.81. The molecular weight excluding hydrogens is 387 g/mol. The number of carbonyl (C=O) groups excluding carboxylic acids is 1. The van der Waals surface area contributed by atoms with Gasteiger partial charge >= 0.3 is 6.18 Å². The third kappa shape index (κ3) is 4.75. The number of halogens is 3. The molecule has 2 aromatic carbocycles. The van der Waals surface area contributed by atoms with Crippen LogP contribution in [0.2, 0.25) is 0 Å². The van der Waals surface area contributed by atoms with Gasteiger partial charge in [0.1, 0.15) is 17.2 Å². The Labute approximate surface area is 167 Å². The van der Waals surface area contributed by atoms with Crippen molar-refractivity contribution in [3.05, 3.63) is 53.6 Å². The van der Waals surface area contributed by atoms with Gasteiger partial charge in [-0.15, -0.1) is 0 Å². The van der Waals surface area contributed by atoms with Crippen LogP contribution in [-0.4, -0.2) is 38.2 Å². The highest BCUT2D eigenvalue weighted by Gasteiger charge is 2.33. The van der Waals surface area contributed by atoms with E-state index in [4.69, 9.17) is 14.2 Å². The fourth-order valence-corrected chi connectivity index (χ4v) is 3.46. The second-order valence-electron chi connectivity index (χ2n) is 6.66. The van der Waals surface area contributed by atoms with Crippen molar-refractivity contribution in [1.29, 1.82) is 0 Å². The van der Waals surface area contributed by atoms with Gasteiger partial charge in [0, 0.05) is 12.1 Å². The number of rotatable bonds is 6. The van der Waals surface area contributed by atoms with E-state index in [1.54, 1.807) is 31.3 Å². The van der Waals surface area contributed by atoms with Gasteiger partial charge in [0.25, 0.3) is 5.91 Å². The van der Waals surface area contributed by atoms with E-state index < -0.39 is 11.7 Å². The second-order valence-corrected chi connectivity index (χ2v) is 6.66. The maximum Gasteiger partial charge on any atom is 0.416 e. The number of alkyl halides is 3. The van der Waals surface area contributed by atoms with Crippen LogP contribution in [0.3, 0.4) is 0 Å². The molecule has 0 N–H and O–H groups in total. The molecule has 0 aromatic heterocycles. The summed E-state index contributed by atoms with van der Waals surface area (Å²) in [5.41, 5.74) is 0.0909. The van der Waals surface area contributed by atoms with Crippen molar-refractivity contribution in [2.75, 3.05) is 27.4 Å². The molecule has 8 heteroatoms.